The predicted molar refractivity (Wildman–Crippen MR) is 77.3 cm³/mol. The highest BCUT2D eigenvalue weighted by molar-refractivity contribution is 9.10. The van der Waals surface area contributed by atoms with Gasteiger partial charge in [-0.1, -0.05) is 12.1 Å². The fraction of sp³-hybridized carbons (Fsp3) is 0.0769. The van der Waals surface area contributed by atoms with E-state index in [1.165, 1.54) is 24.3 Å². The van der Waals surface area contributed by atoms with Crippen molar-refractivity contribution in [3.05, 3.63) is 67.9 Å². The first kappa shape index (κ1) is 15.5. The lowest BCUT2D eigenvalue weighted by atomic mass is 9.98. The average Bonchev–Trinajstić information content (AvgIpc) is 2.43. The molecule has 2 nitrogen and oxygen atoms in total. The summed E-state index contributed by atoms with van der Waals surface area (Å²) in [5.41, 5.74) is 2.32. The Bertz CT molecular complexity index is 650. The van der Waals surface area contributed by atoms with E-state index in [2.05, 4.69) is 37.3 Å². The van der Waals surface area contributed by atoms with E-state index in [4.69, 9.17) is 5.84 Å². The molecular weight excluding hydrogens is 401 g/mol. The van der Waals surface area contributed by atoms with Crippen molar-refractivity contribution in [3.8, 4) is 0 Å². The van der Waals surface area contributed by atoms with Gasteiger partial charge >= 0.3 is 0 Å². The molecular formula is C13H9Br2F3N2. The minimum Gasteiger partial charge on any atom is -0.271 e. The second kappa shape index (κ2) is 6.26. The topological polar surface area (TPSA) is 38.0 Å². The van der Waals surface area contributed by atoms with Crippen LogP contribution >= 0.6 is 31.9 Å². The zero-order chi connectivity index (χ0) is 14.9. The number of halogens is 5. The molecule has 7 heteroatoms. The molecule has 0 aliphatic heterocycles. The van der Waals surface area contributed by atoms with Crippen LogP contribution < -0.4 is 11.3 Å². The summed E-state index contributed by atoms with van der Waals surface area (Å²) in [5.74, 6) is 3.30. The second-order valence-electron chi connectivity index (χ2n) is 4.00. The molecule has 0 bridgehead atoms. The molecule has 0 fully saturated rings. The summed E-state index contributed by atoms with van der Waals surface area (Å²) in [6, 6.07) is 5.53. The molecule has 2 aromatic rings. The van der Waals surface area contributed by atoms with Gasteiger partial charge in [-0.3, -0.25) is 5.84 Å². The van der Waals surface area contributed by atoms with Gasteiger partial charge in [-0.25, -0.2) is 18.6 Å². The largest absolute Gasteiger partial charge is 0.271 e. The second-order valence-corrected chi connectivity index (χ2v) is 5.65. The Morgan fingerprint density at radius 1 is 1.00 bits per heavy atom. The SMILES string of the molecule is NNC(c1cccc(F)c1Br)c1c(F)ccc(Br)c1F. The molecule has 0 saturated carbocycles. The Kier molecular flexibility index (Phi) is 4.85. The first-order valence-electron chi connectivity index (χ1n) is 5.50. The number of hydrogen-bond donors (Lipinski definition) is 2. The molecule has 0 saturated heterocycles. The van der Waals surface area contributed by atoms with Crippen LogP contribution in [0, 0.1) is 17.5 Å². The molecule has 0 amide bonds. The molecule has 20 heavy (non-hydrogen) atoms. The van der Waals surface area contributed by atoms with E-state index < -0.39 is 23.5 Å². The van der Waals surface area contributed by atoms with Crippen LogP contribution in [0.4, 0.5) is 13.2 Å². The maximum atomic E-state index is 14.1. The molecule has 2 rings (SSSR count). The molecule has 3 N–H and O–H groups in total. The van der Waals surface area contributed by atoms with Crippen LogP contribution in [0.3, 0.4) is 0 Å². The first-order chi connectivity index (χ1) is 9.47. The molecule has 1 unspecified atom stereocenters. The third-order valence-corrected chi connectivity index (χ3v) is 4.28. The number of rotatable bonds is 3. The Morgan fingerprint density at radius 2 is 1.70 bits per heavy atom. The number of benzene rings is 2. The van der Waals surface area contributed by atoms with Gasteiger partial charge in [0.1, 0.15) is 17.5 Å². The molecule has 0 radical (unpaired) electrons. The lowest BCUT2D eigenvalue weighted by molar-refractivity contribution is 0.504. The van der Waals surface area contributed by atoms with Crippen molar-refractivity contribution in [2.45, 2.75) is 6.04 Å². The van der Waals surface area contributed by atoms with Gasteiger partial charge in [-0.15, -0.1) is 0 Å². The molecule has 106 valence electrons. The van der Waals surface area contributed by atoms with Gasteiger partial charge in [0, 0.05) is 5.56 Å². The van der Waals surface area contributed by atoms with Crippen LogP contribution in [0.25, 0.3) is 0 Å². The summed E-state index contributed by atoms with van der Waals surface area (Å²) < 4.78 is 41.8. The first-order valence-corrected chi connectivity index (χ1v) is 7.09. The predicted octanol–water partition coefficient (Wildman–Crippen LogP) is 4.18. The average molecular weight is 410 g/mol. The third kappa shape index (κ3) is 2.76. The Hall–Kier alpha value is -0.890. The highest BCUT2D eigenvalue weighted by Crippen LogP contribution is 2.34. The zero-order valence-electron chi connectivity index (χ0n) is 9.93. The van der Waals surface area contributed by atoms with Crippen molar-refractivity contribution in [1.82, 2.24) is 5.43 Å². The summed E-state index contributed by atoms with van der Waals surface area (Å²) in [7, 11) is 0. The number of hydrogen-bond acceptors (Lipinski definition) is 2. The summed E-state index contributed by atoms with van der Waals surface area (Å²) in [5, 5.41) is 0. The lowest BCUT2D eigenvalue weighted by Gasteiger charge is -2.20. The fourth-order valence-corrected chi connectivity index (χ4v) is 2.72. The smallest absolute Gasteiger partial charge is 0.145 e. The Labute approximate surface area is 130 Å². The molecule has 0 aliphatic carbocycles. The van der Waals surface area contributed by atoms with Gasteiger partial charge in [-0.05, 0) is 55.6 Å². The van der Waals surface area contributed by atoms with Crippen LogP contribution in [0.15, 0.2) is 39.3 Å². The summed E-state index contributed by atoms with van der Waals surface area (Å²) in [6.07, 6.45) is 0. The van der Waals surface area contributed by atoms with Crippen LogP contribution in [0.2, 0.25) is 0 Å². The van der Waals surface area contributed by atoms with Crippen LogP contribution in [0.5, 0.6) is 0 Å². The van der Waals surface area contributed by atoms with Crippen molar-refractivity contribution in [2.75, 3.05) is 0 Å². The minimum atomic E-state index is -1.03. The minimum absolute atomic E-state index is 0.0988. The van der Waals surface area contributed by atoms with E-state index in [1.54, 1.807) is 0 Å². The molecule has 2 aromatic carbocycles. The van der Waals surface area contributed by atoms with E-state index in [0.29, 0.717) is 5.56 Å². The molecule has 0 aliphatic rings. The van der Waals surface area contributed by atoms with Gasteiger partial charge in [-0.2, -0.15) is 0 Å². The molecule has 0 heterocycles. The van der Waals surface area contributed by atoms with Crippen molar-refractivity contribution in [2.24, 2.45) is 5.84 Å². The summed E-state index contributed by atoms with van der Waals surface area (Å²) in [6.45, 7) is 0. The Morgan fingerprint density at radius 3 is 2.35 bits per heavy atom. The van der Waals surface area contributed by atoms with Gasteiger partial charge in [0.15, 0.2) is 0 Å². The summed E-state index contributed by atoms with van der Waals surface area (Å²) in [4.78, 5) is 0. The van der Waals surface area contributed by atoms with Crippen LogP contribution in [0.1, 0.15) is 17.2 Å². The highest BCUT2D eigenvalue weighted by Gasteiger charge is 2.25. The normalized spacial score (nSPS) is 12.5. The van der Waals surface area contributed by atoms with E-state index in [0.717, 1.165) is 6.07 Å². The number of hydrazine groups is 1. The van der Waals surface area contributed by atoms with Gasteiger partial charge < -0.3 is 0 Å². The third-order valence-electron chi connectivity index (χ3n) is 2.83. The van der Waals surface area contributed by atoms with E-state index in [1.807, 2.05) is 0 Å². The maximum absolute atomic E-state index is 14.1. The number of nitrogens with one attached hydrogen (secondary N) is 1. The summed E-state index contributed by atoms with van der Waals surface area (Å²) >= 11 is 6.05. The van der Waals surface area contributed by atoms with Crippen LogP contribution in [-0.2, 0) is 0 Å². The van der Waals surface area contributed by atoms with Crippen LogP contribution in [-0.4, -0.2) is 0 Å². The molecule has 0 spiro atoms. The van der Waals surface area contributed by atoms with Crippen molar-refractivity contribution in [1.29, 1.82) is 0 Å². The maximum Gasteiger partial charge on any atom is 0.145 e. The van der Waals surface area contributed by atoms with Gasteiger partial charge in [0.05, 0.1) is 15.0 Å². The van der Waals surface area contributed by atoms with Crippen molar-refractivity contribution < 1.29 is 13.2 Å². The van der Waals surface area contributed by atoms with Crippen molar-refractivity contribution in [3.63, 3.8) is 0 Å². The Balaban J connectivity index is 2.65. The number of nitrogens with two attached hydrogens (primary N) is 1. The quantitative estimate of drug-likeness (QED) is 0.453. The zero-order valence-corrected chi connectivity index (χ0v) is 13.1. The highest BCUT2D eigenvalue weighted by atomic mass is 79.9. The fourth-order valence-electron chi connectivity index (χ4n) is 1.88. The van der Waals surface area contributed by atoms with E-state index >= 15 is 0 Å². The van der Waals surface area contributed by atoms with Gasteiger partial charge in [0.2, 0.25) is 0 Å². The van der Waals surface area contributed by atoms with Crippen molar-refractivity contribution >= 4 is 31.9 Å². The van der Waals surface area contributed by atoms with E-state index in [9.17, 15) is 13.2 Å². The molecule has 0 aromatic heterocycles. The van der Waals surface area contributed by atoms with E-state index in [-0.39, 0.29) is 14.5 Å². The lowest BCUT2D eigenvalue weighted by Crippen LogP contribution is -2.30. The monoisotopic (exact) mass is 408 g/mol. The van der Waals surface area contributed by atoms with Gasteiger partial charge in [0.25, 0.3) is 0 Å². The standard InChI is InChI=1S/C13H9Br2F3N2/c14-7-4-5-8(16)10(12(7)18)13(20-19)6-2-1-3-9(17)11(6)15/h1-5,13,20H,19H2. The molecule has 1 atom stereocenters.